The summed E-state index contributed by atoms with van der Waals surface area (Å²) in [5.74, 6) is -0.749. The van der Waals surface area contributed by atoms with E-state index in [1.165, 1.54) is 12.1 Å². The zero-order valence-electron chi connectivity index (χ0n) is 12.8. The van der Waals surface area contributed by atoms with Gasteiger partial charge in [0.25, 0.3) is 5.91 Å². The molecule has 120 valence electrons. The van der Waals surface area contributed by atoms with Crippen LogP contribution in [0, 0.1) is 5.82 Å². The lowest BCUT2D eigenvalue weighted by atomic mass is 10.0. The summed E-state index contributed by atoms with van der Waals surface area (Å²) in [5.41, 5.74) is 0.110. The fourth-order valence-corrected chi connectivity index (χ4v) is 2.57. The van der Waals surface area contributed by atoms with Crippen molar-refractivity contribution < 1.29 is 14.0 Å². The molecule has 2 amide bonds. The fourth-order valence-electron chi connectivity index (χ4n) is 2.57. The Morgan fingerprint density at radius 2 is 1.95 bits per heavy atom. The molecule has 0 saturated carbocycles. The second-order valence-corrected chi connectivity index (χ2v) is 5.47. The van der Waals surface area contributed by atoms with Gasteiger partial charge in [-0.1, -0.05) is 12.1 Å². The third-order valence-electron chi connectivity index (χ3n) is 3.85. The monoisotopic (exact) mass is 307 g/mol. The van der Waals surface area contributed by atoms with Crippen LogP contribution in [0.4, 0.5) is 4.39 Å². The number of rotatable bonds is 5. The number of hydrogen-bond donors (Lipinski definition) is 2. The largest absolute Gasteiger partial charge is 0.353 e. The van der Waals surface area contributed by atoms with Gasteiger partial charge in [-0.3, -0.25) is 9.59 Å². The van der Waals surface area contributed by atoms with Gasteiger partial charge in [-0.15, -0.1) is 0 Å². The van der Waals surface area contributed by atoms with Gasteiger partial charge in [-0.2, -0.15) is 0 Å². The van der Waals surface area contributed by atoms with E-state index in [4.69, 9.17) is 0 Å². The van der Waals surface area contributed by atoms with Crippen LogP contribution in [-0.4, -0.2) is 49.4 Å². The van der Waals surface area contributed by atoms with Gasteiger partial charge in [0.2, 0.25) is 5.91 Å². The molecule has 1 aliphatic heterocycles. The summed E-state index contributed by atoms with van der Waals surface area (Å²) in [6.07, 6.45) is 1.85. The molecule has 2 N–H and O–H groups in total. The summed E-state index contributed by atoms with van der Waals surface area (Å²) in [6.45, 7) is 1.71. The Balaban J connectivity index is 1.83. The number of hydrogen-bond acceptors (Lipinski definition) is 3. The predicted molar refractivity (Wildman–Crippen MR) is 82.0 cm³/mol. The number of amides is 2. The van der Waals surface area contributed by atoms with Crippen molar-refractivity contribution in [2.45, 2.75) is 25.3 Å². The zero-order valence-corrected chi connectivity index (χ0v) is 12.8. The average molecular weight is 307 g/mol. The minimum atomic E-state index is -0.491. The number of carbonyl (C=O) groups is 2. The molecule has 6 heteroatoms. The third kappa shape index (κ3) is 4.27. The molecule has 2 rings (SSSR count). The molecule has 0 aliphatic carbocycles. The van der Waals surface area contributed by atoms with Crippen molar-refractivity contribution in [3.05, 3.63) is 35.6 Å². The number of likely N-dealkylation sites (tertiary alicyclic amines) is 1. The van der Waals surface area contributed by atoms with E-state index in [-0.39, 0.29) is 23.4 Å². The molecule has 22 heavy (non-hydrogen) atoms. The molecule has 1 fully saturated rings. The predicted octanol–water partition coefficient (Wildman–Crippen LogP) is 1.16. The smallest absolute Gasteiger partial charge is 0.256 e. The Morgan fingerprint density at radius 3 is 2.59 bits per heavy atom. The van der Waals surface area contributed by atoms with E-state index in [1.54, 1.807) is 24.1 Å². The van der Waals surface area contributed by atoms with Gasteiger partial charge < -0.3 is 15.5 Å². The van der Waals surface area contributed by atoms with Gasteiger partial charge >= 0.3 is 0 Å². The van der Waals surface area contributed by atoms with Crippen LogP contribution in [0.15, 0.2) is 24.3 Å². The first kappa shape index (κ1) is 16.4. The molecule has 1 aromatic carbocycles. The maximum absolute atomic E-state index is 13.7. The molecule has 1 aliphatic rings. The topological polar surface area (TPSA) is 61.4 Å². The molecule has 0 radical (unpaired) electrons. The summed E-state index contributed by atoms with van der Waals surface area (Å²) >= 11 is 0. The molecule has 0 bridgehead atoms. The Hall–Kier alpha value is -1.95. The van der Waals surface area contributed by atoms with Crippen LogP contribution in [0.3, 0.4) is 0 Å². The van der Waals surface area contributed by atoms with Gasteiger partial charge in [-0.05, 0) is 32.0 Å². The molecule has 0 atom stereocenters. The number of benzene rings is 1. The highest BCUT2D eigenvalue weighted by Crippen LogP contribution is 2.16. The number of nitrogens with zero attached hydrogens (tertiary/aromatic N) is 1. The van der Waals surface area contributed by atoms with Gasteiger partial charge in [-0.25, -0.2) is 4.39 Å². The maximum Gasteiger partial charge on any atom is 0.256 e. The van der Waals surface area contributed by atoms with E-state index in [0.717, 1.165) is 0 Å². The van der Waals surface area contributed by atoms with Crippen molar-refractivity contribution in [2.75, 3.05) is 26.7 Å². The minimum Gasteiger partial charge on any atom is -0.353 e. The SMILES string of the molecule is CNCCC(=O)NC1CCN(C(=O)c2ccccc2F)CC1. The Bertz CT molecular complexity index is 528. The summed E-state index contributed by atoms with van der Waals surface area (Å²) < 4.78 is 13.7. The summed E-state index contributed by atoms with van der Waals surface area (Å²) in [5, 5.41) is 5.91. The van der Waals surface area contributed by atoms with Crippen LogP contribution in [-0.2, 0) is 4.79 Å². The van der Waals surface area contributed by atoms with Gasteiger partial charge in [0.1, 0.15) is 5.82 Å². The minimum absolute atomic E-state index is 0.0215. The Labute approximate surface area is 129 Å². The quantitative estimate of drug-likeness (QED) is 0.858. The first-order chi connectivity index (χ1) is 10.6. The van der Waals surface area contributed by atoms with Crippen LogP contribution in [0.5, 0.6) is 0 Å². The van der Waals surface area contributed by atoms with Crippen molar-refractivity contribution in [1.82, 2.24) is 15.5 Å². The van der Waals surface area contributed by atoms with Crippen LogP contribution >= 0.6 is 0 Å². The van der Waals surface area contributed by atoms with E-state index < -0.39 is 5.82 Å². The maximum atomic E-state index is 13.7. The second kappa shape index (κ2) is 7.89. The highest BCUT2D eigenvalue weighted by Gasteiger charge is 2.25. The molecule has 0 aromatic heterocycles. The number of carbonyl (C=O) groups excluding carboxylic acids is 2. The normalized spacial score (nSPS) is 15.6. The highest BCUT2D eigenvalue weighted by atomic mass is 19.1. The third-order valence-corrected chi connectivity index (χ3v) is 3.85. The van der Waals surface area contributed by atoms with Gasteiger partial charge in [0, 0.05) is 32.1 Å². The van der Waals surface area contributed by atoms with Crippen LogP contribution < -0.4 is 10.6 Å². The average Bonchev–Trinajstić information content (AvgIpc) is 2.53. The van der Waals surface area contributed by atoms with Crippen LogP contribution in [0.2, 0.25) is 0 Å². The van der Waals surface area contributed by atoms with Gasteiger partial charge in [0.15, 0.2) is 0 Å². The number of halogens is 1. The second-order valence-electron chi connectivity index (χ2n) is 5.47. The molecule has 5 nitrogen and oxygen atoms in total. The first-order valence-electron chi connectivity index (χ1n) is 7.59. The van der Waals surface area contributed by atoms with E-state index in [1.807, 2.05) is 0 Å². The molecule has 1 saturated heterocycles. The zero-order chi connectivity index (χ0) is 15.9. The van der Waals surface area contributed by atoms with E-state index in [0.29, 0.717) is 38.9 Å². The molecule has 0 unspecified atom stereocenters. The van der Waals surface area contributed by atoms with Crippen LogP contribution in [0.25, 0.3) is 0 Å². The van der Waals surface area contributed by atoms with Crippen molar-refractivity contribution in [2.24, 2.45) is 0 Å². The molecular formula is C16H22FN3O2. The van der Waals surface area contributed by atoms with Crippen molar-refractivity contribution in [3.63, 3.8) is 0 Å². The van der Waals surface area contributed by atoms with E-state index >= 15 is 0 Å². The molecular weight excluding hydrogens is 285 g/mol. The summed E-state index contributed by atoms with van der Waals surface area (Å²) in [7, 11) is 1.81. The molecule has 0 spiro atoms. The van der Waals surface area contributed by atoms with Crippen molar-refractivity contribution in [3.8, 4) is 0 Å². The number of nitrogens with one attached hydrogen (secondary N) is 2. The summed E-state index contributed by atoms with van der Waals surface area (Å²) in [6, 6.07) is 6.11. The lowest BCUT2D eigenvalue weighted by Crippen LogP contribution is -2.47. The first-order valence-corrected chi connectivity index (χ1v) is 7.59. The van der Waals surface area contributed by atoms with E-state index in [9.17, 15) is 14.0 Å². The molecule has 1 heterocycles. The lowest BCUT2D eigenvalue weighted by molar-refractivity contribution is -0.121. The Morgan fingerprint density at radius 1 is 1.27 bits per heavy atom. The molecule has 1 aromatic rings. The highest BCUT2D eigenvalue weighted by molar-refractivity contribution is 5.94. The number of piperidine rings is 1. The summed E-state index contributed by atoms with van der Waals surface area (Å²) in [4.78, 5) is 25.6. The van der Waals surface area contributed by atoms with Crippen molar-refractivity contribution in [1.29, 1.82) is 0 Å². The van der Waals surface area contributed by atoms with Crippen LogP contribution in [0.1, 0.15) is 29.6 Å². The van der Waals surface area contributed by atoms with Crippen molar-refractivity contribution >= 4 is 11.8 Å². The fraction of sp³-hybridized carbons (Fsp3) is 0.500. The Kier molecular flexibility index (Phi) is 5.89. The van der Waals surface area contributed by atoms with Gasteiger partial charge in [0.05, 0.1) is 5.56 Å². The lowest BCUT2D eigenvalue weighted by Gasteiger charge is -2.32. The van der Waals surface area contributed by atoms with E-state index in [2.05, 4.69) is 10.6 Å². The standard InChI is InChI=1S/C16H22FN3O2/c1-18-9-6-15(21)19-12-7-10-20(11-8-12)16(22)13-4-2-3-5-14(13)17/h2-5,12,18H,6-11H2,1H3,(H,19,21).